The van der Waals surface area contributed by atoms with Crippen LogP contribution in [-0.2, 0) is 6.61 Å². The van der Waals surface area contributed by atoms with Crippen LogP contribution in [0.2, 0.25) is 0 Å². The number of nitrogens with one attached hydrogen (secondary N) is 1. The summed E-state index contributed by atoms with van der Waals surface area (Å²) in [6.45, 7) is 0.477. The van der Waals surface area contributed by atoms with Crippen molar-refractivity contribution in [3.63, 3.8) is 0 Å². The van der Waals surface area contributed by atoms with Gasteiger partial charge in [-0.2, -0.15) is 5.10 Å². The van der Waals surface area contributed by atoms with Crippen molar-refractivity contribution < 1.29 is 19.7 Å². The van der Waals surface area contributed by atoms with Crippen molar-refractivity contribution in [3.8, 4) is 22.8 Å². The summed E-state index contributed by atoms with van der Waals surface area (Å²) in [5.74, 6) is 0.569. The molecule has 7 nitrogen and oxygen atoms in total. The molecule has 2 heterocycles. The molecule has 1 aliphatic heterocycles. The summed E-state index contributed by atoms with van der Waals surface area (Å²) < 4.78 is 5.90. The third-order valence-electron chi connectivity index (χ3n) is 5.81. The number of para-hydroxylation sites is 1. The average molecular weight is 441 g/mol. The Morgan fingerprint density at radius 3 is 2.42 bits per heavy atom. The summed E-state index contributed by atoms with van der Waals surface area (Å²) in [5.41, 5.74) is 4.06. The number of fused-ring (bicyclic) bond motifs is 1. The highest BCUT2D eigenvalue weighted by Crippen LogP contribution is 2.44. The van der Waals surface area contributed by atoms with E-state index in [0.717, 1.165) is 11.1 Å². The number of amides is 1. The van der Waals surface area contributed by atoms with Crippen molar-refractivity contribution in [1.29, 1.82) is 0 Å². The molecule has 0 unspecified atom stereocenters. The molecule has 0 bridgehead atoms. The molecule has 0 aliphatic carbocycles. The minimum Gasteiger partial charge on any atom is -0.507 e. The Kier molecular flexibility index (Phi) is 5.54. The van der Waals surface area contributed by atoms with Gasteiger partial charge >= 0.3 is 0 Å². The lowest BCUT2D eigenvalue weighted by Crippen LogP contribution is -2.32. The number of aromatic nitrogens is 2. The molecule has 1 aliphatic rings. The van der Waals surface area contributed by atoms with E-state index in [0.29, 0.717) is 34.9 Å². The number of β-amino-alcohol motifs (C(OH)–C–C–N with tert-alkyl or cyclic N) is 1. The molecule has 1 atom stereocenters. The lowest BCUT2D eigenvalue weighted by molar-refractivity contribution is 0.0706. The monoisotopic (exact) mass is 441 g/mol. The first kappa shape index (κ1) is 20.8. The lowest BCUT2D eigenvalue weighted by atomic mass is 9.95. The largest absolute Gasteiger partial charge is 0.507 e. The van der Waals surface area contributed by atoms with Gasteiger partial charge in [0.05, 0.1) is 12.6 Å². The fourth-order valence-electron chi connectivity index (χ4n) is 4.25. The number of hydrogen-bond acceptors (Lipinski definition) is 5. The van der Waals surface area contributed by atoms with Crippen LogP contribution >= 0.6 is 0 Å². The Labute approximate surface area is 190 Å². The molecule has 33 heavy (non-hydrogen) atoms. The van der Waals surface area contributed by atoms with Gasteiger partial charge in [0, 0.05) is 17.7 Å². The number of carbonyl (C=O) groups is 1. The van der Waals surface area contributed by atoms with Crippen molar-refractivity contribution >= 4 is 5.91 Å². The lowest BCUT2D eigenvalue weighted by Gasteiger charge is -2.25. The van der Waals surface area contributed by atoms with E-state index in [2.05, 4.69) is 10.2 Å². The van der Waals surface area contributed by atoms with Gasteiger partial charge in [-0.05, 0) is 35.4 Å². The second-order valence-electron chi connectivity index (χ2n) is 7.85. The predicted molar refractivity (Wildman–Crippen MR) is 123 cm³/mol. The zero-order valence-electron chi connectivity index (χ0n) is 17.8. The number of aromatic amines is 1. The summed E-state index contributed by atoms with van der Waals surface area (Å²) in [5, 5.41) is 27.2. The molecular formula is C26H23N3O4. The second-order valence-corrected chi connectivity index (χ2v) is 7.85. The molecular weight excluding hydrogens is 418 g/mol. The average Bonchev–Trinajstić information content (AvgIpc) is 3.39. The number of ether oxygens (including phenoxy) is 1. The molecule has 0 saturated heterocycles. The van der Waals surface area contributed by atoms with E-state index in [1.54, 1.807) is 23.1 Å². The molecule has 0 saturated carbocycles. The van der Waals surface area contributed by atoms with E-state index in [-0.39, 0.29) is 24.8 Å². The third-order valence-corrected chi connectivity index (χ3v) is 5.81. The van der Waals surface area contributed by atoms with Crippen molar-refractivity contribution in [1.82, 2.24) is 15.1 Å². The normalized spacial score (nSPS) is 15.0. The van der Waals surface area contributed by atoms with Crippen LogP contribution in [0.3, 0.4) is 0 Å². The van der Waals surface area contributed by atoms with Crippen LogP contribution in [-0.4, -0.2) is 44.4 Å². The number of phenolic OH excluding ortho intramolecular Hbond substituents is 1. The Balaban J connectivity index is 1.49. The van der Waals surface area contributed by atoms with Crippen LogP contribution in [0, 0.1) is 0 Å². The standard InChI is InChI=1S/C26H23N3O4/c30-15-14-29-25(18-10-12-19(13-11-18)33-16-17-6-2-1-3-7-17)22-23(27-28-24(22)26(29)32)20-8-4-5-9-21(20)31/h1-13,25,30-31H,14-16H2,(H,27,28)/t25-/m0/s1. The molecule has 4 aromatic rings. The van der Waals surface area contributed by atoms with Gasteiger partial charge in [0.1, 0.15) is 29.5 Å². The van der Waals surface area contributed by atoms with E-state index in [4.69, 9.17) is 4.74 Å². The van der Waals surface area contributed by atoms with Gasteiger partial charge < -0.3 is 19.8 Å². The number of hydrogen-bond donors (Lipinski definition) is 3. The van der Waals surface area contributed by atoms with Crippen LogP contribution in [0.4, 0.5) is 0 Å². The first-order valence-electron chi connectivity index (χ1n) is 10.7. The topological polar surface area (TPSA) is 98.7 Å². The maximum atomic E-state index is 13.1. The Morgan fingerprint density at radius 1 is 0.970 bits per heavy atom. The molecule has 166 valence electrons. The maximum absolute atomic E-state index is 13.1. The highest BCUT2D eigenvalue weighted by Gasteiger charge is 2.42. The number of benzene rings is 3. The molecule has 7 heteroatoms. The molecule has 1 aromatic heterocycles. The summed E-state index contributed by atoms with van der Waals surface area (Å²) in [4.78, 5) is 14.7. The number of aliphatic hydroxyl groups excluding tert-OH is 1. The van der Waals surface area contributed by atoms with Crippen LogP contribution in [0.15, 0.2) is 78.9 Å². The molecule has 3 aromatic carbocycles. The number of phenols is 1. The molecule has 0 fully saturated rings. The smallest absolute Gasteiger partial charge is 0.273 e. The van der Waals surface area contributed by atoms with Gasteiger partial charge in [-0.25, -0.2) is 0 Å². The van der Waals surface area contributed by atoms with E-state index < -0.39 is 6.04 Å². The van der Waals surface area contributed by atoms with E-state index in [1.165, 1.54) is 0 Å². The van der Waals surface area contributed by atoms with Gasteiger partial charge in [-0.1, -0.05) is 54.6 Å². The predicted octanol–water partition coefficient (Wildman–Crippen LogP) is 3.90. The SMILES string of the molecule is O=C1c2[nH]nc(-c3ccccc3O)c2[C@H](c2ccc(OCc3ccccc3)cc2)N1CCO. The van der Waals surface area contributed by atoms with Crippen molar-refractivity contribution in [2.45, 2.75) is 12.6 Å². The molecule has 0 radical (unpaired) electrons. The quantitative estimate of drug-likeness (QED) is 0.404. The summed E-state index contributed by atoms with van der Waals surface area (Å²) in [7, 11) is 0. The number of rotatable bonds is 7. The number of aromatic hydroxyl groups is 1. The number of aliphatic hydroxyl groups is 1. The van der Waals surface area contributed by atoms with Crippen molar-refractivity contribution in [2.24, 2.45) is 0 Å². The zero-order valence-corrected chi connectivity index (χ0v) is 17.8. The van der Waals surface area contributed by atoms with Gasteiger partial charge in [0.2, 0.25) is 0 Å². The fourth-order valence-corrected chi connectivity index (χ4v) is 4.25. The Hall–Kier alpha value is -4.10. The number of nitrogens with zero attached hydrogens (tertiary/aromatic N) is 2. The van der Waals surface area contributed by atoms with Gasteiger partial charge in [-0.3, -0.25) is 9.89 Å². The second kappa shape index (κ2) is 8.80. The van der Waals surface area contributed by atoms with Crippen LogP contribution in [0.1, 0.15) is 33.2 Å². The van der Waals surface area contributed by atoms with Crippen molar-refractivity contribution in [2.75, 3.05) is 13.2 Å². The molecule has 0 spiro atoms. The van der Waals surface area contributed by atoms with Crippen LogP contribution in [0.25, 0.3) is 11.3 Å². The Bertz CT molecular complexity index is 1270. The molecule has 5 rings (SSSR count). The van der Waals surface area contributed by atoms with E-state index in [1.807, 2.05) is 60.7 Å². The highest BCUT2D eigenvalue weighted by molar-refractivity contribution is 6.00. The number of carbonyl (C=O) groups excluding carboxylic acids is 1. The Morgan fingerprint density at radius 2 is 1.70 bits per heavy atom. The summed E-state index contributed by atoms with van der Waals surface area (Å²) in [6, 6.07) is 24.0. The minimum absolute atomic E-state index is 0.0864. The van der Waals surface area contributed by atoms with E-state index in [9.17, 15) is 15.0 Å². The van der Waals surface area contributed by atoms with Crippen molar-refractivity contribution in [3.05, 3.63) is 101 Å². The maximum Gasteiger partial charge on any atom is 0.273 e. The first-order valence-corrected chi connectivity index (χ1v) is 10.7. The molecule has 3 N–H and O–H groups in total. The zero-order chi connectivity index (χ0) is 22.8. The third kappa shape index (κ3) is 3.83. The van der Waals surface area contributed by atoms with Gasteiger partial charge in [-0.15, -0.1) is 0 Å². The minimum atomic E-state index is -0.448. The summed E-state index contributed by atoms with van der Waals surface area (Å²) >= 11 is 0. The van der Waals surface area contributed by atoms with Crippen LogP contribution < -0.4 is 4.74 Å². The molecule has 1 amide bonds. The summed E-state index contributed by atoms with van der Waals surface area (Å²) in [6.07, 6.45) is 0. The number of H-pyrrole nitrogens is 1. The van der Waals surface area contributed by atoms with Crippen LogP contribution in [0.5, 0.6) is 11.5 Å². The first-order chi connectivity index (χ1) is 16.2. The van der Waals surface area contributed by atoms with Gasteiger partial charge in [0.25, 0.3) is 5.91 Å². The van der Waals surface area contributed by atoms with E-state index >= 15 is 0 Å². The van der Waals surface area contributed by atoms with Gasteiger partial charge in [0.15, 0.2) is 0 Å². The highest BCUT2D eigenvalue weighted by atomic mass is 16.5. The fraction of sp³-hybridized carbons (Fsp3) is 0.154.